The Morgan fingerprint density at radius 3 is 1.59 bits per heavy atom. The molecule has 0 N–H and O–H groups in total. The van der Waals surface area contributed by atoms with Gasteiger partial charge in [0.2, 0.25) is 0 Å². The molecule has 0 saturated heterocycles. The quantitative estimate of drug-likeness (QED) is 0.122. The van der Waals surface area contributed by atoms with E-state index in [0.717, 1.165) is 42.6 Å². The lowest BCUT2D eigenvalue weighted by Gasteiger charge is -2.34. The Morgan fingerprint density at radius 2 is 0.948 bits per heavy atom. The molecule has 0 aliphatic rings. The highest BCUT2D eigenvalue weighted by Crippen LogP contribution is 2.45. The average Bonchev–Trinajstić information content (AvgIpc) is 4.05. The Bertz CT molecular complexity index is 3890. The molecule has 0 unspecified atom stereocenters. The molecule has 0 spiro atoms. The molecule has 0 fully saturated rings. The van der Waals surface area contributed by atoms with Crippen LogP contribution in [0.5, 0.6) is 0 Å². The summed E-state index contributed by atoms with van der Waals surface area (Å²) in [6, 6.07) is 51.6. The van der Waals surface area contributed by atoms with Crippen LogP contribution in [0.25, 0.3) is 76.9 Å². The summed E-state index contributed by atoms with van der Waals surface area (Å²) in [7, 11) is -3.18. The minimum atomic E-state index is -3.18. The molecule has 272 valence electrons. The van der Waals surface area contributed by atoms with Gasteiger partial charge in [0.1, 0.15) is 11.2 Å². The predicted molar refractivity (Wildman–Crippen MR) is 246 cm³/mol. The lowest BCUT2D eigenvalue weighted by molar-refractivity contribution is 0.669. The van der Waals surface area contributed by atoms with Crippen molar-refractivity contribution < 1.29 is 16.8 Å². The van der Waals surface area contributed by atoms with Gasteiger partial charge in [-0.15, -0.1) is 0 Å². The van der Waals surface area contributed by atoms with Crippen molar-refractivity contribution in [3.63, 3.8) is 0 Å². The molecule has 12 rings (SSSR count). The Balaban J connectivity index is 1.35. The minimum Gasteiger partial charge on any atom is -0.456 e. The topological polar surface area (TPSA) is 23.0 Å². The van der Waals surface area contributed by atoms with Gasteiger partial charge in [-0.05, 0) is 57.1 Å². The number of furan rings is 1. The second-order valence-electron chi connectivity index (χ2n) is 14.5. The lowest BCUT2D eigenvalue weighted by atomic mass is 10.1. The second-order valence-corrected chi connectivity index (χ2v) is 18.3. The summed E-state index contributed by atoms with van der Waals surface area (Å²) in [5.41, 5.74) is 2.63. The minimum absolute atomic E-state index is 0.0107. The normalized spacial score (nSPS) is 14.3. The zero-order valence-electron chi connectivity index (χ0n) is 39.9. The van der Waals surface area contributed by atoms with Crippen LogP contribution in [0.4, 0.5) is 0 Å². The van der Waals surface area contributed by atoms with Crippen molar-refractivity contribution in [3.05, 3.63) is 218 Å². The van der Waals surface area contributed by atoms with E-state index in [1.165, 1.54) is 0 Å². The third-order valence-corrected chi connectivity index (χ3v) is 16.4. The van der Waals surface area contributed by atoms with Crippen LogP contribution in [0.1, 0.15) is 12.3 Å². The summed E-state index contributed by atoms with van der Waals surface area (Å²) in [6.07, 6.45) is 0. The van der Waals surface area contributed by atoms with Crippen molar-refractivity contribution in [1.82, 2.24) is 9.13 Å². The van der Waals surface area contributed by atoms with Crippen LogP contribution in [0, 0.1) is 0 Å². The molecule has 0 aliphatic carbocycles. The van der Waals surface area contributed by atoms with E-state index in [9.17, 15) is 5.48 Å². The van der Waals surface area contributed by atoms with E-state index in [1.54, 1.807) is 0 Å². The number of nitrogens with zero attached hydrogens (tertiary/aromatic N) is 2. The van der Waals surface area contributed by atoms with Crippen molar-refractivity contribution >= 4 is 94.4 Å². The number of aromatic nitrogens is 2. The van der Waals surface area contributed by atoms with Gasteiger partial charge in [0.05, 0.1) is 45.5 Å². The number of hydrogen-bond donors (Lipinski definition) is 0. The molecule has 0 amide bonds. The van der Waals surface area contributed by atoms with Gasteiger partial charge in [0.15, 0.2) is 8.07 Å². The summed E-state index contributed by atoms with van der Waals surface area (Å²) in [5, 5.41) is 6.87. The predicted octanol–water partition coefficient (Wildman–Crippen LogP) is 11.2. The summed E-state index contributed by atoms with van der Waals surface area (Å²) in [5.74, 6) is 0. The number of hydrogen-bond acceptors (Lipinski definition) is 1. The molecule has 58 heavy (non-hydrogen) atoms. The highest BCUT2D eigenvalue weighted by atomic mass is 28.3. The number of fused-ring (bicyclic) bond motifs is 10. The van der Waals surface area contributed by atoms with Gasteiger partial charge in [-0.3, -0.25) is 0 Å². The van der Waals surface area contributed by atoms with Gasteiger partial charge < -0.3 is 13.6 Å². The van der Waals surface area contributed by atoms with Crippen LogP contribution in [0.3, 0.4) is 0 Å². The maximum Gasteiger partial charge on any atom is 0.179 e. The molecule has 3 heterocycles. The van der Waals surface area contributed by atoms with E-state index in [2.05, 4.69) is 48.5 Å². The standard InChI is InChI=1S/C54H36N2OSi/c1-4-20-38(21-5-1)58(39-22-6-2-7-23-39,40-24-8-3-9-25-40)41-26-18-19-37(35-41)55-48-33-16-12-29-44(48)52-49(36-51-53(54(52)55)45-30-13-17-34-50(45)57-51)56-46-31-14-10-27-42(46)43-28-11-15-32-47(43)56/h1-36H/i12D,13D,16D,17D,29D,30D,33D,34D,36D. The Morgan fingerprint density at radius 1 is 0.414 bits per heavy atom. The van der Waals surface area contributed by atoms with Crippen LogP contribution < -0.4 is 20.7 Å². The molecule has 0 bridgehead atoms. The number of para-hydroxylation sites is 4. The third kappa shape index (κ3) is 4.61. The van der Waals surface area contributed by atoms with Crippen molar-refractivity contribution in [2.24, 2.45) is 0 Å². The monoisotopic (exact) mass is 765 g/mol. The highest BCUT2D eigenvalue weighted by Gasteiger charge is 2.41. The smallest absolute Gasteiger partial charge is 0.179 e. The fourth-order valence-corrected chi connectivity index (χ4v) is 14.1. The Kier molecular flexibility index (Phi) is 5.52. The largest absolute Gasteiger partial charge is 0.456 e. The number of benzene rings is 9. The first-order valence-electron chi connectivity index (χ1n) is 23.7. The van der Waals surface area contributed by atoms with Crippen molar-refractivity contribution in [3.8, 4) is 11.4 Å². The van der Waals surface area contributed by atoms with Gasteiger partial charge in [-0.1, -0.05) is 176 Å². The lowest BCUT2D eigenvalue weighted by Crippen LogP contribution is -2.74. The summed E-state index contributed by atoms with van der Waals surface area (Å²) < 4.78 is 94.3. The van der Waals surface area contributed by atoms with Crippen LogP contribution in [0.15, 0.2) is 223 Å². The zero-order valence-corrected chi connectivity index (χ0v) is 31.9. The van der Waals surface area contributed by atoms with Crippen LogP contribution in [0.2, 0.25) is 0 Å². The first kappa shape index (κ1) is 25.0. The SMILES string of the molecule is [2H]c1c([2H])c([2H])c2c(oc3c([2H])c(-n4c5ccccc5c5ccccc54)c4c5c([2H])c([2H])c([2H])c([2H])c5n(-c5cccc([Si](c6ccccc6)(c6ccccc6)c6ccccc6)c5)c4c32)c1[2H]. The Labute approximate surface area is 348 Å². The van der Waals surface area contributed by atoms with Crippen LogP contribution in [-0.4, -0.2) is 17.2 Å². The summed E-state index contributed by atoms with van der Waals surface area (Å²) >= 11 is 0. The first-order valence-corrected chi connectivity index (χ1v) is 21.2. The fourth-order valence-electron chi connectivity index (χ4n) is 9.30. The molecule has 3 aromatic heterocycles. The zero-order chi connectivity index (χ0) is 46.0. The van der Waals surface area contributed by atoms with Crippen LogP contribution >= 0.6 is 0 Å². The third-order valence-electron chi connectivity index (χ3n) is 11.6. The molecule has 12 aromatic rings. The summed E-state index contributed by atoms with van der Waals surface area (Å²) in [6.45, 7) is 0. The van der Waals surface area contributed by atoms with Gasteiger partial charge in [-0.2, -0.15) is 0 Å². The fraction of sp³-hybridized carbons (Fsp3) is 0. The van der Waals surface area contributed by atoms with Gasteiger partial charge in [0.25, 0.3) is 0 Å². The van der Waals surface area contributed by atoms with Gasteiger partial charge in [0, 0.05) is 38.7 Å². The van der Waals surface area contributed by atoms with E-state index in [-0.39, 0.29) is 62.7 Å². The van der Waals surface area contributed by atoms with E-state index in [4.69, 9.17) is 11.3 Å². The molecular formula is C54H36N2OSi. The van der Waals surface area contributed by atoms with Crippen molar-refractivity contribution in [1.29, 1.82) is 0 Å². The van der Waals surface area contributed by atoms with E-state index < -0.39 is 38.3 Å². The highest BCUT2D eigenvalue weighted by molar-refractivity contribution is 7.19. The molecule has 0 radical (unpaired) electrons. The van der Waals surface area contributed by atoms with Crippen LogP contribution in [-0.2, 0) is 0 Å². The summed E-state index contributed by atoms with van der Waals surface area (Å²) in [4.78, 5) is 0. The molecule has 0 saturated carbocycles. The molecule has 0 atom stereocenters. The van der Waals surface area contributed by atoms with E-state index >= 15 is 0 Å². The molecule has 4 heteroatoms. The van der Waals surface area contributed by atoms with Gasteiger partial charge >= 0.3 is 0 Å². The van der Waals surface area contributed by atoms with Crippen molar-refractivity contribution in [2.45, 2.75) is 0 Å². The molecule has 9 aromatic carbocycles. The molecular weight excluding hydrogens is 721 g/mol. The average molecular weight is 766 g/mol. The molecule has 0 aliphatic heterocycles. The molecule has 3 nitrogen and oxygen atoms in total. The first-order chi connectivity index (χ1) is 32.5. The maximum absolute atomic E-state index is 10.2. The van der Waals surface area contributed by atoms with Crippen molar-refractivity contribution in [2.75, 3.05) is 0 Å². The van der Waals surface area contributed by atoms with E-state index in [0.29, 0.717) is 16.6 Å². The van der Waals surface area contributed by atoms with E-state index in [1.807, 2.05) is 124 Å². The van der Waals surface area contributed by atoms with Gasteiger partial charge in [-0.25, -0.2) is 0 Å². The maximum atomic E-state index is 10.2. The number of rotatable bonds is 6. The Hall–Kier alpha value is -7.40. The second kappa shape index (κ2) is 12.8.